The van der Waals surface area contributed by atoms with Crippen molar-refractivity contribution < 1.29 is 18.3 Å². The molecule has 0 saturated heterocycles. The molecule has 0 heterocycles. The lowest BCUT2D eigenvalue weighted by atomic mass is 10.2. The van der Waals surface area contributed by atoms with Crippen LogP contribution >= 0.6 is 0 Å². The molecule has 0 atom stereocenters. The average molecular weight is 254 g/mol. The van der Waals surface area contributed by atoms with E-state index in [2.05, 4.69) is 0 Å². The van der Waals surface area contributed by atoms with E-state index in [0.29, 0.717) is 12.8 Å². The highest BCUT2D eigenvalue weighted by Gasteiger charge is 2.32. The van der Waals surface area contributed by atoms with Crippen LogP contribution in [-0.4, -0.2) is 24.7 Å². The van der Waals surface area contributed by atoms with Gasteiger partial charge in [0.05, 0.1) is 15.7 Å². The lowest BCUT2D eigenvalue weighted by Crippen LogP contribution is -2.20. The molecule has 1 saturated carbocycles. The zero-order valence-electron chi connectivity index (χ0n) is 9.30. The molecule has 1 aromatic rings. The number of carboxylic acid groups (broad SMARTS) is 1. The number of carbonyl (C=O) groups is 1. The highest BCUT2D eigenvalue weighted by Crippen LogP contribution is 2.31. The lowest BCUT2D eigenvalue weighted by molar-refractivity contribution is 0.0692. The average Bonchev–Trinajstić information content (AvgIpc) is 2.83. The number of aromatic carboxylic acids is 1. The van der Waals surface area contributed by atoms with Crippen molar-refractivity contribution in [3.63, 3.8) is 0 Å². The molecule has 1 N–H and O–H groups in total. The van der Waals surface area contributed by atoms with Gasteiger partial charge in [-0.2, -0.15) is 0 Å². The maximum Gasteiger partial charge on any atom is 0.337 e. The normalized spacial score (nSPS) is 17.2. The Morgan fingerprint density at radius 1 is 1.18 bits per heavy atom. The first-order chi connectivity index (χ1) is 8.03. The molecule has 17 heavy (non-hydrogen) atoms. The molecule has 92 valence electrons. The molecule has 0 aliphatic heterocycles. The van der Waals surface area contributed by atoms with Crippen molar-refractivity contribution in [2.24, 2.45) is 0 Å². The van der Waals surface area contributed by atoms with E-state index >= 15 is 0 Å². The zero-order chi connectivity index (χ0) is 12.5. The second kappa shape index (κ2) is 4.49. The lowest BCUT2D eigenvalue weighted by Gasteiger charge is -2.12. The number of rotatable bonds is 3. The molecule has 0 spiro atoms. The first-order valence-electron chi connectivity index (χ1n) is 5.59. The van der Waals surface area contributed by atoms with Crippen LogP contribution in [0.25, 0.3) is 0 Å². The Labute approximate surface area is 100 Å². The van der Waals surface area contributed by atoms with E-state index in [1.165, 1.54) is 18.2 Å². The first kappa shape index (κ1) is 12.1. The molecular formula is C12H14O4S. The molecule has 1 aromatic carbocycles. The quantitative estimate of drug-likeness (QED) is 0.896. The van der Waals surface area contributed by atoms with E-state index in [-0.39, 0.29) is 10.5 Å². The molecular weight excluding hydrogens is 240 g/mol. The molecule has 2 rings (SSSR count). The van der Waals surface area contributed by atoms with Gasteiger partial charge in [0.2, 0.25) is 0 Å². The van der Waals surface area contributed by atoms with Gasteiger partial charge < -0.3 is 5.11 Å². The van der Waals surface area contributed by atoms with Crippen molar-refractivity contribution in [2.75, 3.05) is 0 Å². The zero-order valence-corrected chi connectivity index (χ0v) is 10.1. The molecule has 0 radical (unpaired) electrons. The standard InChI is InChI=1S/C12H14O4S/c13-12(14)10-7-3-4-8-11(10)17(15,16)9-5-1-2-6-9/h3-4,7-9H,1-2,5-6H2,(H,13,14). The van der Waals surface area contributed by atoms with Gasteiger partial charge in [0, 0.05) is 0 Å². The van der Waals surface area contributed by atoms with Crippen LogP contribution in [0.15, 0.2) is 29.2 Å². The Kier molecular flexibility index (Phi) is 3.19. The summed E-state index contributed by atoms with van der Waals surface area (Å²) >= 11 is 0. The third-order valence-corrected chi connectivity index (χ3v) is 5.48. The van der Waals surface area contributed by atoms with Crippen molar-refractivity contribution in [3.05, 3.63) is 29.8 Å². The van der Waals surface area contributed by atoms with E-state index in [9.17, 15) is 13.2 Å². The minimum Gasteiger partial charge on any atom is -0.478 e. The Morgan fingerprint density at radius 3 is 2.35 bits per heavy atom. The summed E-state index contributed by atoms with van der Waals surface area (Å²) in [4.78, 5) is 11.0. The summed E-state index contributed by atoms with van der Waals surface area (Å²) in [5.74, 6) is -1.19. The van der Waals surface area contributed by atoms with Gasteiger partial charge in [0.15, 0.2) is 9.84 Å². The van der Waals surface area contributed by atoms with Crippen LogP contribution in [-0.2, 0) is 9.84 Å². The smallest absolute Gasteiger partial charge is 0.337 e. The Balaban J connectivity index is 2.49. The number of hydrogen-bond acceptors (Lipinski definition) is 3. The molecule has 4 nitrogen and oxygen atoms in total. The van der Waals surface area contributed by atoms with Crippen LogP contribution < -0.4 is 0 Å². The topological polar surface area (TPSA) is 71.4 Å². The second-order valence-electron chi connectivity index (χ2n) is 4.25. The maximum atomic E-state index is 12.3. The Hall–Kier alpha value is -1.36. The SMILES string of the molecule is O=C(O)c1ccccc1S(=O)(=O)C1CCCC1. The Morgan fingerprint density at radius 2 is 1.76 bits per heavy atom. The van der Waals surface area contributed by atoms with E-state index in [1.807, 2.05) is 0 Å². The van der Waals surface area contributed by atoms with E-state index < -0.39 is 21.1 Å². The molecule has 5 heteroatoms. The highest BCUT2D eigenvalue weighted by molar-refractivity contribution is 7.92. The predicted molar refractivity (Wildman–Crippen MR) is 62.8 cm³/mol. The molecule has 0 amide bonds. The van der Waals surface area contributed by atoms with Gasteiger partial charge in [-0.15, -0.1) is 0 Å². The van der Waals surface area contributed by atoms with E-state index in [1.54, 1.807) is 6.07 Å². The van der Waals surface area contributed by atoms with Crippen molar-refractivity contribution in [1.29, 1.82) is 0 Å². The second-order valence-corrected chi connectivity index (χ2v) is 6.45. The monoisotopic (exact) mass is 254 g/mol. The van der Waals surface area contributed by atoms with Gasteiger partial charge in [-0.25, -0.2) is 13.2 Å². The van der Waals surface area contributed by atoms with Gasteiger partial charge >= 0.3 is 5.97 Å². The summed E-state index contributed by atoms with van der Waals surface area (Å²) < 4.78 is 24.6. The molecule has 1 fully saturated rings. The molecule has 1 aliphatic rings. The fraction of sp³-hybridized carbons (Fsp3) is 0.417. The summed E-state index contributed by atoms with van der Waals surface area (Å²) in [6, 6.07) is 5.83. The summed E-state index contributed by atoms with van der Waals surface area (Å²) in [5, 5.41) is 8.59. The minimum absolute atomic E-state index is 0.0422. The summed E-state index contributed by atoms with van der Waals surface area (Å²) in [6.07, 6.45) is 3.07. The van der Waals surface area contributed by atoms with Crippen molar-refractivity contribution in [2.45, 2.75) is 35.8 Å². The first-order valence-corrected chi connectivity index (χ1v) is 7.14. The summed E-state index contributed by atoms with van der Waals surface area (Å²) in [7, 11) is -3.50. The minimum atomic E-state index is -3.50. The third kappa shape index (κ3) is 2.20. The number of benzene rings is 1. The molecule has 0 aromatic heterocycles. The van der Waals surface area contributed by atoms with Crippen LogP contribution in [0.4, 0.5) is 0 Å². The predicted octanol–water partition coefficient (Wildman–Crippen LogP) is 2.10. The summed E-state index contributed by atoms with van der Waals surface area (Å²) in [6.45, 7) is 0. The number of carboxylic acids is 1. The van der Waals surface area contributed by atoms with Crippen LogP contribution in [0.3, 0.4) is 0 Å². The van der Waals surface area contributed by atoms with E-state index in [4.69, 9.17) is 5.11 Å². The number of hydrogen-bond donors (Lipinski definition) is 1. The van der Waals surface area contributed by atoms with Crippen LogP contribution in [0.5, 0.6) is 0 Å². The number of sulfone groups is 1. The van der Waals surface area contributed by atoms with Gasteiger partial charge in [-0.3, -0.25) is 0 Å². The molecule has 0 unspecified atom stereocenters. The summed E-state index contributed by atoms with van der Waals surface area (Å²) in [5.41, 5.74) is -0.126. The third-order valence-electron chi connectivity index (χ3n) is 3.17. The van der Waals surface area contributed by atoms with E-state index in [0.717, 1.165) is 12.8 Å². The van der Waals surface area contributed by atoms with Crippen molar-refractivity contribution in [3.8, 4) is 0 Å². The van der Waals surface area contributed by atoms with Crippen LogP contribution in [0.1, 0.15) is 36.0 Å². The van der Waals surface area contributed by atoms with Gasteiger partial charge in [-0.05, 0) is 25.0 Å². The molecule has 0 bridgehead atoms. The van der Waals surface area contributed by atoms with Gasteiger partial charge in [0.1, 0.15) is 0 Å². The largest absolute Gasteiger partial charge is 0.478 e. The highest BCUT2D eigenvalue weighted by atomic mass is 32.2. The maximum absolute atomic E-state index is 12.3. The van der Waals surface area contributed by atoms with Crippen LogP contribution in [0.2, 0.25) is 0 Å². The van der Waals surface area contributed by atoms with Crippen LogP contribution in [0, 0.1) is 0 Å². The van der Waals surface area contributed by atoms with Gasteiger partial charge in [-0.1, -0.05) is 25.0 Å². The fourth-order valence-electron chi connectivity index (χ4n) is 2.27. The fourth-order valence-corrected chi connectivity index (χ4v) is 4.31. The Bertz CT molecular complexity index is 527. The molecule has 1 aliphatic carbocycles. The van der Waals surface area contributed by atoms with Crippen molar-refractivity contribution in [1.82, 2.24) is 0 Å². The van der Waals surface area contributed by atoms with Gasteiger partial charge in [0.25, 0.3) is 0 Å². The van der Waals surface area contributed by atoms with Crippen molar-refractivity contribution >= 4 is 15.8 Å².